The highest BCUT2D eigenvalue weighted by atomic mass is 79.9. The van der Waals surface area contributed by atoms with Crippen molar-refractivity contribution in [2.45, 2.75) is 5.33 Å². The molecule has 0 bridgehead atoms. The lowest BCUT2D eigenvalue weighted by atomic mass is 10.3. The van der Waals surface area contributed by atoms with Crippen molar-refractivity contribution >= 4 is 31.9 Å². The molecule has 0 spiro atoms. The van der Waals surface area contributed by atoms with E-state index in [0.29, 0.717) is 15.5 Å². The molecule has 0 amide bonds. The summed E-state index contributed by atoms with van der Waals surface area (Å²) in [6.45, 7) is 0. The molecule has 0 saturated heterocycles. The Morgan fingerprint density at radius 3 is 2.73 bits per heavy atom. The monoisotopic (exact) mass is 274 g/mol. The Labute approximate surface area is 81.5 Å². The minimum absolute atomic E-state index is 0.565. The Bertz CT molecular complexity index is 304. The third-order valence-electron chi connectivity index (χ3n) is 1.16. The Morgan fingerprint density at radius 2 is 2.27 bits per heavy atom. The van der Waals surface area contributed by atoms with Crippen LogP contribution in [0.1, 0.15) is 11.3 Å². The normalized spacial score (nSPS) is 9.18. The summed E-state index contributed by atoms with van der Waals surface area (Å²) >= 11 is 6.47. The van der Waals surface area contributed by atoms with Crippen LogP contribution in [0, 0.1) is 11.3 Å². The number of hydrogen-bond acceptors (Lipinski definition) is 2. The molecule has 0 aliphatic rings. The number of alkyl halides is 1. The van der Waals surface area contributed by atoms with Gasteiger partial charge in [-0.2, -0.15) is 5.26 Å². The van der Waals surface area contributed by atoms with E-state index in [1.165, 1.54) is 0 Å². The van der Waals surface area contributed by atoms with Gasteiger partial charge in [0, 0.05) is 5.33 Å². The predicted octanol–water partition coefficient (Wildman–Crippen LogP) is 2.61. The average molecular weight is 276 g/mol. The molecule has 1 aromatic rings. The van der Waals surface area contributed by atoms with Crippen LogP contribution in [0.2, 0.25) is 0 Å². The molecule has 0 N–H and O–H groups in total. The van der Waals surface area contributed by atoms with Crippen LogP contribution in [0.25, 0.3) is 0 Å². The van der Waals surface area contributed by atoms with E-state index in [2.05, 4.69) is 36.8 Å². The first-order chi connectivity index (χ1) is 5.27. The first-order valence-corrected chi connectivity index (χ1v) is 4.81. The molecule has 1 heterocycles. The third-order valence-corrected chi connectivity index (χ3v) is 2.34. The van der Waals surface area contributed by atoms with Crippen molar-refractivity contribution in [3.8, 4) is 6.07 Å². The van der Waals surface area contributed by atoms with E-state index in [4.69, 9.17) is 5.26 Å². The van der Waals surface area contributed by atoms with Crippen molar-refractivity contribution in [1.82, 2.24) is 4.98 Å². The number of nitrogens with zero attached hydrogens (tertiary/aromatic N) is 2. The van der Waals surface area contributed by atoms with Crippen molar-refractivity contribution in [1.29, 1.82) is 5.26 Å². The zero-order valence-electron chi connectivity index (χ0n) is 5.51. The highest BCUT2D eigenvalue weighted by Crippen LogP contribution is 2.14. The molecule has 0 fully saturated rings. The van der Waals surface area contributed by atoms with Crippen LogP contribution in [-0.2, 0) is 5.33 Å². The molecule has 1 aromatic heterocycles. The second-order valence-electron chi connectivity index (χ2n) is 1.89. The summed E-state index contributed by atoms with van der Waals surface area (Å²) in [6.07, 6.45) is 0. The molecule has 0 saturated carbocycles. The van der Waals surface area contributed by atoms with Crippen molar-refractivity contribution in [3.05, 3.63) is 28.0 Å². The zero-order chi connectivity index (χ0) is 8.27. The van der Waals surface area contributed by atoms with E-state index in [9.17, 15) is 0 Å². The summed E-state index contributed by atoms with van der Waals surface area (Å²) in [6, 6.07) is 5.58. The number of nitriles is 1. The Morgan fingerprint density at radius 1 is 1.55 bits per heavy atom. The van der Waals surface area contributed by atoms with Gasteiger partial charge in [-0.15, -0.1) is 0 Å². The topological polar surface area (TPSA) is 36.7 Å². The number of hydrogen-bond donors (Lipinski definition) is 0. The molecule has 0 radical (unpaired) electrons. The van der Waals surface area contributed by atoms with Gasteiger partial charge < -0.3 is 0 Å². The molecular formula is C7H4Br2N2. The molecule has 0 aliphatic heterocycles. The SMILES string of the molecule is N#Cc1ccc(CBr)nc1Br. The largest absolute Gasteiger partial charge is 0.244 e. The van der Waals surface area contributed by atoms with Gasteiger partial charge in [0.15, 0.2) is 0 Å². The van der Waals surface area contributed by atoms with Crippen LogP contribution in [0.4, 0.5) is 0 Å². The van der Waals surface area contributed by atoms with Crippen LogP contribution in [0.15, 0.2) is 16.7 Å². The molecule has 1 rings (SSSR count). The van der Waals surface area contributed by atoms with Crippen LogP contribution >= 0.6 is 31.9 Å². The number of pyridine rings is 1. The third kappa shape index (κ3) is 2.01. The summed E-state index contributed by atoms with van der Waals surface area (Å²) in [7, 11) is 0. The lowest BCUT2D eigenvalue weighted by Crippen LogP contribution is -1.88. The van der Waals surface area contributed by atoms with Crippen molar-refractivity contribution in [2.24, 2.45) is 0 Å². The molecular weight excluding hydrogens is 272 g/mol. The molecule has 56 valence electrons. The van der Waals surface area contributed by atoms with Gasteiger partial charge in [0.25, 0.3) is 0 Å². The smallest absolute Gasteiger partial charge is 0.124 e. The van der Waals surface area contributed by atoms with Crippen molar-refractivity contribution in [2.75, 3.05) is 0 Å². The van der Waals surface area contributed by atoms with Gasteiger partial charge in [-0.1, -0.05) is 15.9 Å². The number of halogens is 2. The fourth-order valence-electron chi connectivity index (χ4n) is 0.630. The number of aromatic nitrogens is 1. The Kier molecular flexibility index (Phi) is 3.03. The second kappa shape index (κ2) is 3.84. The lowest BCUT2D eigenvalue weighted by molar-refractivity contribution is 1.14. The lowest BCUT2D eigenvalue weighted by Gasteiger charge is -1.96. The summed E-state index contributed by atoms with van der Waals surface area (Å²) < 4.78 is 0.608. The summed E-state index contributed by atoms with van der Waals surface area (Å²) in [5, 5.41) is 9.26. The molecule has 4 heteroatoms. The van der Waals surface area contributed by atoms with Gasteiger partial charge in [-0.25, -0.2) is 4.98 Å². The minimum Gasteiger partial charge on any atom is -0.244 e. The van der Waals surface area contributed by atoms with E-state index < -0.39 is 0 Å². The van der Waals surface area contributed by atoms with Crippen LogP contribution in [0.3, 0.4) is 0 Å². The fourth-order valence-corrected chi connectivity index (χ4v) is 1.39. The molecule has 0 unspecified atom stereocenters. The molecule has 0 aliphatic carbocycles. The van der Waals surface area contributed by atoms with Crippen LogP contribution < -0.4 is 0 Å². The maximum Gasteiger partial charge on any atom is 0.124 e. The average Bonchev–Trinajstić information content (AvgIpc) is 2.04. The van der Waals surface area contributed by atoms with Crippen LogP contribution in [0.5, 0.6) is 0 Å². The highest BCUT2D eigenvalue weighted by molar-refractivity contribution is 9.10. The van der Waals surface area contributed by atoms with E-state index in [-0.39, 0.29) is 0 Å². The maximum atomic E-state index is 8.55. The molecule has 11 heavy (non-hydrogen) atoms. The van der Waals surface area contributed by atoms with Gasteiger partial charge in [-0.05, 0) is 28.1 Å². The summed E-state index contributed by atoms with van der Waals surface area (Å²) in [5.41, 5.74) is 1.48. The summed E-state index contributed by atoms with van der Waals surface area (Å²) in [4.78, 5) is 4.11. The first-order valence-electron chi connectivity index (χ1n) is 2.89. The second-order valence-corrected chi connectivity index (χ2v) is 3.20. The molecule has 2 nitrogen and oxygen atoms in total. The maximum absolute atomic E-state index is 8.55. The Hall–Kier alpha value is -0.400. The van der Waals surface area contributed by atoms with Gasteiger partial charge in [0.1, 0.15) is 10.7 Å². The van der Waals surface area contributed by atoms with Gasteiger partial charge in [0.2, 0.25) is 0 Å². The van der Waals surface area contributed by atoms with Gasteiger partial charge >= 0.3 is 0 Å². The van der Waals surface area contributed by atoms with E-state index in [1.807, 2.05) is 12.1 Å². The van der Waals surface area contributed by atoms with Crippen LogP contribution in [-0.4, -0.2) is 4.98 Å². The van der Waals surface area contributed by atoms with E-state index in [1.54, 1.807) is 6.07 Å². The quantitative estimate of drug-likeness (QED) is 0.584. The van der Waals surface area contributed by atoms with Crippen molar-refractivity contribution in [3.63, 3.8) is 0 Å². The standard InChI is InChI=1S/C7H4Br2N2/c8-3-6-2-1-5(4-10)7(9)11-6/h1-2H,3H2. The van der Waals surface area contributed by atoms with E-state index >= 15 is 0 Å². The fraction of sp³-hybridized carbons (Fsp3) is 0.143. The van der Waals surface area contributed by atoms with Crippen molar-refractivity contribution < 1.29 is 0 Å². The Balaban J connectivity index is 3.12. The first kappa shape index (κ1) is 8.69. The van der Waals surface area contributed by atoms with Gasteiger partial charge in [-0.3, -0.25) is 0 Å². The highest BCUT2D eigenvalue weighted by Gasteiger charge is 1.99. The zero-order valence-corrected chi connectivity index (χ0v) is 8.68. The number of rotatable bonds is 1. The molecule has 0 atom stereocenters. The van der Waals surface area contributed by atoms with E-state index in [0.717, 1.165) is 5.69 Å². The minimum atomic E-state index is 0.565. The summed E-state index contributed by atoms with van der Waals surface area (Å²) in [5.74, 6) is 0. The van der Waals surface area contributed by atoms with Gasteiger partial charge in [0.05, 0.1) is 11.3 Å². The molecule has 0 aromatic carbocycles. The predicted molar refractivity (Wildman–Crippen MR) is 49.3 cm³/mol.